The van der Waals surface area contributed by atoms with Gasteiger partial charge in [0.15, 0.2) is 0 Å². The van der Waals surface area contributed by atoms with E-state index in [9.17, 15) is 4.39 Å². The smallest absolute Gasteiger partial charge is 0.149 e. The van der Waals surface area contributed by atoms with Gasteiger partial charge >= 0.3 is 0 Å². The summed E-state index contributed by atoms with van der Waals surface area (Å²) in [6.45, 7) is 1.35. The number of anilines is 2. The Morgan fingerprint density at radius 3 is 2.77 bits per heavy atom. The summed E-state index contributed by atoms with van der Waals surface area (Å²) in [7, 11) is 1.89. The van der Waals surface area contributed by atoms with Crippen molar-refractivity contribution in [3.8, 4) is 17.2 Å². The molecule has 2 atom stereocenters. The number of nitrogens with zero attached hydrogens (tertiary/aromatic N) is 4. The molecule has 0 bridgehead atoms. The average molecular weight is 468 g/mol. The number of benzene rings is 2. The van der Waals surface area contributed by atoms with E-state index >= 15 is 0 Å². The monoisotopic (exact) mass is 467 g/mol. The van der Waals surface area contributed by atoms with Gasteiger partial charge < -0.3 is 16.0 Å². The van der Waals surface area contributed by atoms with E-state index in [0.29, 0.717) is 18.7 Å². The zero-order valence-corrected chi connectivity index (χ0v) is 19.4. The molecule has 7 nitrogen and oxygen atoms in total. The fourth-order valence-electron chi connectivity index (χ4n) is 4.40. The molecule has 176 valence electrons. The molecular formula is C27H26FN7. The molecule has 8 heteroatoms. The SMILES string of the molecule is Cn1cc(-c2cnc3c(c2)NCC(C(NCCc2ccc(C#N)cc2)c2cccc(F)c2)N3)cn1. The Morgan fingerprint density at radius 2 is 2.03 bits per heavy atom. The van der Waals surface area contributed by atoms with E-state index in [-0.39, 0.29) is 17.9 Å². The van der Waals surface area contributed by atoms with Gasteiger partial charge in [-0.15, -0.1) is 0 Å². The fourth-order valence-corrected chi connectivity index (χ4v) is 4.40. The van der Waals surface area contributed by atoms with Crippen LogP contribution in [0.15, 0.2) is 73.2 Å². The third-order valence-electron chi connectivity index (χ3n) is 6.23. The highest BCUT2D eigenvalue weighted by Crippen LogP contribution is 2.32. The first-order valence-corrected chi connectivity index (χ1v) is 11.6. The zero-order chi connectivity index (χ0) is 24.2. The highest BCUT2D eigenvalue weighted by Gasteiger charge is 2.28. The first-order chi connectivity index (χ1) is 17.1. The second kappa shape index (κ2) is 9.95. The summed E-state index contributed by atoms with van der Waals surface area (Å²) >= 11 is 0. The highest BCUT2D eigenvalue weighted by atomic mass is 19.1. The minimum absolute atomic E-state index is 0.0398. The lowest BCUT2D eigenvalue weighted by molar-refractivity contribution is 0.469. The lowest BCUT2D eigenvalue weighted by Gasteiger charge is -2.34. The number of nitriles is 1. The third-order valence-corrected chi connectivity index (χ3v) is 6.23. The second-order valence-electron chi connectivity index (χ2n) is 8.70. The number of pyridine rings is 1. The van der Waals surface area contributed by atoms with Crippen LogP contribution in [0, 0.1) is 17.1 Å². The van der Waals surface area contributed by atoms with Gasteiger partial charge in [0.2, 0.25) is 0 Å². The van der Waals surface area contributed by atoms with Crippen LogP contribution >= 0.6 is 0 Å². The summed E-state index contributed by atoms with van der Waals surface area (Å²) in [5.41, 5.74) is 5.59. The van der Waals surface area contributed by atoms with Gasteiger partial charge in [0.25, 0.3) is 0 Å². The second-order valence-corrected chi connectivity index (χ2v) is 8.70. The van der Waals surface area contributed by atoms with Crippen LogP contribution in [-0.4, -0.2) is 33.9 Å². The topological polar surface area (TPSA) is 90.6 Å². The Labute approximate surface area is 203 Å². The first-order valence-electron chi connectivity index (χ1n) is 11.6. The molecule has 1 aliphatic heterocycles. The summed E-state index contributed by atoms with van der Waals surface area (Å²) < 4.78 is 15.9. The number of aromatic nitrogens is 3. The first kappa shape index (κ1) is 22.6. The number of hydrogen-bond donors (Lipinski definition) is 3. The average Bonchev–Trinajstić information content (AvgIpc) is 3.32. The summed E-state index contributed by atoms with van der Waals surface area (Å²) in [5.74, 6) is 0.508. The molecule has 0 radical (unpaired) electrons. The molecule has 35 heavy (non-hydrogen) atoms. The van der Waals surface area contributed by atoms with E-state index in [4.69, 9.17) is 5.26 Å². The lowest BCUT2D eigenvalue weighted by Crippen LogP contribution is -2.44. The van der Waals surface area contributed by atoms with Crippen LogP contribution in [0.1, 0.15) is 22.7 Å². The van der Waals surface area contributed by atoms with Gasteiger partial charge in [-0.05, 0) is 54.4 Å². The van der Waals surface area contributed by atoms with Crippen LogP contribution < -0.4 is 16.0 Å². The van der Waals surface area contributed by atoms with Crippen LogP contribution in [0.3, 0.4) is 0 Å². The normalized spacial score (nSPS) is 15.4. The molecule has 4 aromatic rings. The van der Waals surface area contributed by atoms with Crippen molar-refractivity contribution < 1.29 is 4.39 Å². The molecule has 1 aliphatic rings. The van der Waals surface area contributed by atoms with Crippen LogP contribution in [0.25, 0.3) is 11.1 Å². The van der Waals surface area contributed by atoms with Crippen molar-refractivity contribution in [1.29, 1.82) is 5.26 Å². The molecule has 3 N–H and O–H groups in total. The molecule has 0 amide bonds. The van der Waals surface area contributed by atoms with Crippen molar-refractivity contribution in [1.82, 2.24) is 20.1 Å². The van der Waals surface area contributed by atoms with Crippen molar-refractivity contribution in [2.24, 2.45) is 7.05 Å². The van der Waals surface area contributed by atoms with E-state index < -0.39 is 0 Å². The standard InChI is InChI=1S/C27H26FN7/c1-35-17-22(15-33-35)21-12-24-27(32-14-21)34-25(16-31-24)26(20-3-2-4-23(28)11-20)30-10-9-18-5-7-19(13-29)8-6-18/h2-8,11-12,14-15,17,25-26,30-31H,9-10,16H2,1H3,(H,32,34). The lowest BCUT2D eigenvalue weighted by atomic mass is 9.96. The molecule has 0 saturated carbocycles. The number of aryl methyl sites for hydroxylation is 1. The maximum Gasteiger partial charge on any atom is 0.149 e. The van der Waals surface area contributed by atoms with Crippen molar-refractivity contribution in [3.05, 3.63) is 95.7 Å². The van der Waals surface area contributed by atoms with Crippen molar-refractivity contribution >= 4 is 11.5 Å². The van der Waals surface area contributed by atoms with Gasteiger partial charge in [-0.3, -0.25) is 4.68 Å². The van der Waals surface area contributed by atoms with Crippen LogP contribution in [0.4, 0.5) is 15.9 Å². The minimum Gasteiger partial charge on any atom is -0.380 e. The fraction of sp³-hybridized carbons (Fsp3) is 0.222. The minimum atomic E-state index is -0.259. The number of halogens is 1. The Kier molecular flexibility index (Phi) is 6.42. The Hall–Kier alpha value is -4.22. The third kappa shape index (κ3) is 5.15. The quantitative estimate of drug-likeness (QED) is 0.376. The van der Waals surface area contributed by atoms with Crippen LogP contribution in [-0.2, 0) is 13.5 Å². The number of nitrogens with one attached hydrogen (secondary N) is 3. The largest absolute Gasteiger partial charge is 0.380 e. The zero-order valence-electron chi connectivity index (χ0n) is 19.4. The highest BCUT2D eigenvalue weighted by molar-refractivity contribution is 5.75. The van der Waals surface area contributed by atoms with Crippen molar-refractivity contribution in [3.63, 3.8) is 0 Å². The summed E-state index contributed by atoms with van der Waals surface area (Å²) in [4.78, 5) is 4.65. The molecule has 2 aromatic heterocycles. The number of rotatable bonds is 7. The van der Waals surface area contributed by atoms with Crippen molar-refractivity contribution in [2.75, 3.05) is 23.7 Å². The van der Waals surface area contributed by atoms with Gasteiger partial charge in [-0.25, -0.2) is 9.37 Å². The molecule has 0 fully saturated rings. The predicted molar refractivity (Wildman–Crippen MR) is 134 cm³/mol. The predicted octanol–water partition coefficient (Wildman–Crippen LogP) is 4.27. The molecule has 0 spiro atoms. The van der Waals surface area contributed by atoms with E-state index in [1.165, 1.54) is 6.07 Å². The summed E-state index contributed by atoms with van der Waals surface area (Å²) in [6, 6.07) is 18.4. The number of hydrogen-bond acceptors (Lipinski definition) is 6. The van der Waals surface area contributed by atoms with Gasteiger partial charge in [0.1, 0.15) is 11.6 Å². The molecule has 0 saturated heterocycles. The Balaban J connectivity index is 1.32. The van der Waals surface area contributed by atoms with E-state index in [0.717, 1.165) is 40.2 Å². The molecule has 3 heterocycles. The molecular weight excluding hydrogens is 441 g/mol. The van der Waals surface area contributed by atoms with Gasteiger partial charge in [-0.1, -0.05) is 24.3 Å². The molecule has 0 aliphatic carbocycles. The summed E-state index contributed by atoms with van der Waals surface area (Å²) in [6.07, 6.45) is 6.41. The van der Waals surface area contributed by atoms with E-state index in [2.05, 4.69) is 38.2 Å². The van der Waals surface area contributed by atoms with Gasteiger partial charge in [-0.2, -0.15) is 10.4 Å². The van der Waals surface area contributed by atoms with E-state index in [1.807, 2.05) is 56.0 Å². The van der Waals surface area contributed by atoms with E-state index in [1.54, 1.807) is 16.8 Å². The molecule has 5 rings (SSSR count). The Morgan fingerprint density at radius 1 is 1.17 bits per heavy atom. The van der Waals surface area contributed by atoms with Gasteiger partial charge in [0, 0.05) is 37.1 Å². The maximum absolute atomic E-state index is 14.1. The molecule has 2 aromatic carbocycles. The Bertz CT molecular complexity index is 1360. The van der Waals surface area contributed by atoms with Gasteiger partial charge in [0.05, 0.1) is 35.6 Å². The number of fused-ring (bicyclic) bond motifs is 1. The van der Waals surface area contributed by atoms with Crippen LogP contribution in [0.5, 0.6) is 0 Å². The molecule has 2 unspecified atom stereocenters. The summed E-state index contributed by atoms with van der Waals surface area (Å²) in [5, 5.41) is 23.9. The van der Waals surface area contributed by atoms with Crippen LogP contribution in [0.2, 0.25) is 0 Å². The van der Waals surface area contributed by atoms with Crippen molar-refractivity contribution in [2.45, 2.75) is 18.5 Å². The maximum atomic E-state index is 14.1.